The first kappa shape index (κ1) is 17.4. The molecule has 0 saturated carbocycles. The number of rotatable bonds is 5. The van der Waals surface area contributed by atoms with Gasteiger partial charge in [-0.05, 0) is 44.0 Å². The molecule has 5 heteroatoms. The molecule has 5 nitrogen and oxygen atoms in total. The number of ether oxygens (including phenoxy) is 2. The number of amides is 1. The van der Waals surface area contributed by atoms with E-state index < -0.39 is 5.91 Å². The van der Waals surface area contributed by atoms with Gasteiger partial charge < -0.3 is 19.8 Å². The lowest BCUT2D eigenvalue weighted by Crippen LogP contribution is -2.14. The second-order valence-electron chi connectivity index (χ2n) is 6.45. The Morgan fingerprint density at radius 2 is 1.84 bits per heavy atom. The fourth-order valence-electron chi connectivity index (χ4n) is 3.54. The fourth-order valence-corrected chi connectivity index (χ4v) is 3.54. The van der Waals surface area contributed by atoms with Gasteiger partial charge in [0.25, 0.3) is 5.91 Å². The minimum atomic E-state index is -0.391. The first-order chi connectivity index (χ1) is 12.1. The molecule has 3 rings (SSSR count). The zero-order valence-corrected chi connectivity index (χ0v) is 15.2. The summed E-state index contributed by atoms with van der Waals surface area (Å²) in [7, 11) is 0. The molecule has 0 saturated heterocycles. The number of primary amides is 1. The van der Waals surface area contributed by atoms with Crippen molar-refractivity contribution in [1.82, 2.24) is 4.57 Å². The summed E-state index contributed by atoms with van der Waals surface area (Å²) < 4.78 is 13.8. The Hall–Kier alpha value is -2.43. The van der Waals surface area contributed by atoms with Crippen LogP contribution in [0, 0.1) is 6.92 Å². The molecule has 0 bridgehead atoms. The normalized spacial score (nSPS) is 13.8. The zero-order valence-electron chi connectivity index (χ0n) is 15.2. The Bertz CT molecular complexity index is 775. The molecule has 134 valence electrons. The number of nitrogens with two attached hydrogens (primary N) is 1. The lowest BCUT2D eigenvalue weighted by molar-refractivity contribution is 0.0999. The Morgan fingerprint density at radius 3 is 2.48 bits per heavy atom. The Kier molecular flexibility index (Phi) is 5.02. The molecule has 0 aliphatic carbocycles. The average Bonchev–Trinajstić information content (AvgIpc) is 2.80. The summed E-state index contributed by atoms with van der Waals surface area (Å²) in [6.45, 7) is 7.60. The minimum Gasteiger partial charge on any atom is -0.490 e. The van der Waals surface area contributed by atoms with Gasteiger partial charge >= 0.3 is 0 Å². The number of carbonyl (C=O) groups is 1. The van der Waals surface area contributed by atoms with Gasteiger partial charge in [0.1, 0.15) is 0 Å². The number of benzene rings is 1. The monoisotopic (exact) mass is 342 g/mol. The molecule has 1 aliphatic rings. The van der Waals surface area contributed by atoms with Crippen LogP contribution in [0.25, 0.3) is 11.3 Å². The second-order valence-corrected chi connectivity index (χ2v) is 6.45. The molecule has 0 radical (unpaired) electrons. The topological polar surface area (TPSA) is 66.5 Å². The van der Waals surface area contributed by atoms with E-state index in [4.69, 9.17) is 15.2 Å². The van der Waals surface area contributed by atoms with Crippen LogP contribution in [0.5, 0.6) is 11.5 Å². The van der Waals surface area contributed by atoms with Gasteiger partial charge in [-0.1, -0.05) is 13.8 Å². The highest BCUT2D eigenvalue weighted by molar-refractivity contribution is 5.95. The van der Waals surface area contributed by atoms with Crippen LogP contribution < -0.4 is 15.2 Å². The molecule has 1 amide bonds. The second kappa shape index (κ2) is 7.21. The standard InChI is InChI=1S/C20H26N2O3/c1-4-15(5-2)22-13(3)16(20(21)23)12-17(22)14-7-8-18-19(11-14)25-10-6-9-24-18/h7-8,11-12,15H,4-6,9-10H2,1-3H3,(H2,21,23). The van der Waals surface area contributed by atoms with Gasteiger partial charge in [-0.3, -0.25) is 4.79 Å². The lowest BCUT2D eigenvalue weighted by atomic mass is 10.1. The number of aromatic nitrogens is 1. The van der Waals surface area contributed by atoms with Gasteiger partial charge in [0.05, 0.1) is 18.8 Å². The van der Waals surface area contributed by atoms with E-state index in [0.29, 0.717) is 24.8 Å². The van der Waals surface area contributed by atoms with E-state index >= 15 is 0 Å². The van der Waals surface area contributed by atoms with Crippen molar-refractivity contribution in [3.05, 3.63) is 35.5 Å². The third-order valence-electron chi connectivity index (χ3n) is 4.91. The van der Waals surface area contributed by atoms with Gasteiger partial charge in [-0.25, -0.2) is 0 Å². The van der Waals surface area contributed by atoms with Crippen molar-refractivity contribution < 1.29 is 14.3 Å². The van der Waals surface area contributed by atoms with Crippen molar-refractivity contribution in [2.45, 2.75) is 46.1 Å². The maximum atomic E-state index is 11.9. The maximum absolute atomic E-state index is 11.9. The van der Waals surface area contributed by atoms with Crippen LogP contribution >= 0.6 is 0 Å². The molecule has 2 heterocycles. The largest absolute Gasteiger partial charge is 0.490 e. The highest BCUT2D eigenvalue weighted by Gasteiger charge is 2.22. The molecule has 1 aliphatic heterocycles. The fraction of sp³-hybridized carbons (Fsp3) is 0.450. The molecule has 0 fully saturated rings. The number of carbonyl (C=O) groups excluding carboxylic acids is 1. The van der Waals surface area contributed by atoms with E-state index in [2.05, 4.69) is 18.4 Å². The third kappa shape index (κ3) is 3.23. The zero-order chi connectivity index (χ0) is 18.0. The van der Waals surface area contributed by atoms with Crippen molar-refractivity contribution >= 4 is 5.91 Å². The van der Waals surface area contributed by atoms with Crippen LogP contribution in [0.1, 0.15) is 55.2 Å². The Labute approximate surface area is 148 Å². The van der Waals surface area contributed by atoms with Crippen LogP contribution in [-0.2, 0) is 0 Å². The van der Waals surface area contributed by atoms with E-state index in [1.165, 1.54) is 0 Å². The Morgan fingerprint density at radius 1 is 1.16 bits per heavy atom. The highest BCUT2D eigenvalue weighted by atomic mass is 16.5. The van der Waals surface area contributed by atoms with E-state index in [-0.39, 0.29) is 0 Å². The SMILES string of the molecule is CCC(CC)n1c(-c2ccc3c(c2)OCCCO3)cc(C(N)=O)c1C. The summed E-state index contributed by atoms with van der Waals surface area (Å²) in [6, 6.07) is 8.18. The van der Waals surface area contributed by atoms with Crippen molar-refractivity contribution in [3.63, 3.8) is 0 Å². The van der Waals surface area contributed by atoms with Crippen molar-refractivity contribution in [2.75, 3.05) is 13.2 Å². The van der Waals surface area contributed by atoms with Gasteiger partial charge in [-0.15, -0.1) is 0 Å². The maximum Gasteiger partial charge on any atom is 0.250 e. The summed E-state index contributed by atoms with van der Waals surface area (Å²) in [6.07, 6.45) is 2.85. The van der Waals surface area contributed by atoms with Gasteiger partial charge in [-0.2, -0.15) is 0 Å². The van der Waals surface area contributed by atoms with Gasteiger partial charge in [0.2, 0.25) is 0 Å². The quantitative estimate of drug-likeness (QED) is 0.890. The summed E-state index contributed by atoms with van der Waals surface area (Å²) >= 11 is 0. The summed E-state index contributed by atoms with van der Waals surface area (Å²) in [5.41, 5.74) is 9.09. The average molecular weight is 342 g/mol. The van der Waals surface area contributed by atoms with E-state index in [0.717, 1.165) is 47.7 Å². The van der Waals surface area contributed by atoms with Crippen molar-refractivity contribution in [1.29, 1.82) is 0 Å². The van der Waals surface area contributed by atoms with Gasteiger partial charge in [0.15, 0.2) is 11.5 Å². The lowest BCUT2D eigenvalue weighted by Gasteiger charge is -2.21. The van der Waals surface area contributed by atoms with Crippen molar-refractivity contribution in [2.24, 2.45) is 5.73 Å². The van der Waals surface area contributed by atoms with Crippen molar-refractivity contribution in [3.8, 4) is 22.8 Å². The van der Waals surface area contributed by atoms with Crippen LogP contribution in [0.15, 0.2) is 24.3 Å². The molecule has 0 atom stereocenters. The smallest absolute Gasteiger partial charge is 0.250 e. The molecule has 25 heavy (non-hydrogen) atoms. The molecule has 1 aromatic heterocycles. The summed E-state index contributed by atoms with van der Waals surface area (Å²) in [5.74, 6) is 1.14. The molecular weight excluding hydrogens is 316 g/mol. The number of hydrogen-bond donors (Lipinski definition) is 1. The third-order valence-corrected chi connectivity index (χ3v) is 4.91. The van der Waals surface area contributed by atoms with Crippen LogP contribution in [-0.4, -0.2) is 23.7 Å². The van der Waals surface area contributed by atoms with Gasteiger partial charge in [0, 0.05) is 29.4 Å². The molecular formula is C20H26N2O3. The highest BCUT2D eigenvalue weighted by Crippen LogP contribution is 2.37. The minimum absolute atomic E-state index is 0.319. The first-order valence-electron chi connectivity index (χ1n) is 8.98. The molecule has 2 aromatic rings. The molecule has 1 aromatic carbocycles. The van der Waals surface area contributed by atoms with E-state index in [1.807, 2.05) is 31.2 Å². The molecule has 0 spiro atoms. The predicted molar refractivity (Wildman–Crippen MR) is 98.3 cm³/mol. The number of nitrogens with zero attached hydrogens (tertiary/aromatic N) is 1. The van der Waals surface area contributed by atoms with Crippen LogP contribution in [0.3, 0.4) is 0 Å². The Balaban J connectivity index is 2.14. The predicted octanol–water partition coefficient (Wildman–Crippen LogP) is 4.08. The molecule has 2 N–H and O–H groups in total. The summed E-state index contributed by atoms with van der Waals surface area (Å²) in [5, 5.41) is 0. The van der Waals surface area contributed by atoms with Crippen LogP contribution in [0.4, 0.5) is 0 Å². The van der Waals surface area contributed by atoms with E-state index in [9.17, 15) is 4.79 Å². The molecule has 0 unspecified atom stereocenters. The summed E-state index contributed by atoms with van der Waals surface area (Å²) in [4.78, 5) is 11.9. The number of hydrogen-bond acceptors (Lipinski definition) is 3. The van der Waals surface area contributed by atoms with Crippen LogP contribution in [0.2, 0.25) is 0 Å². The number of fused-ring (bicyclic) bond motifs is 1. The first-order valence-corrected chi connectivity index (χ1v) is 8.98. The van der Waals surface area contributed by atoms with E-state index in [1.54, 1.807) is 0 Å².